The van der Waals surface area contributed by atoms with Crippen LogP contribution < -0.4 is 0 Å². The molecule has 7 nitrogen and oxygen atoms in total. The smallest absolute Gasteiger partial charge is 0.257 e. The summed E-state index contributed by atoms with van der Waals surface area (Å²) in [7, 11) is 0. The Morgan fingerprint density at radius 3 is 2.76 bits per heavy atom. The Morgan fingerprint density at radius 1 is 1.15 bits per heavy atom. The first-order valence-corrected chi connectivity index (χ1v) is 11.1. The molecule has 1 atom stereocenters. The third-order valence-electron chi connectivity index (χ3n) is 6.09. The minimum absolute atomic E-state index is 0.0167. The van der Waals surface area contributed by atoms with Gasteiger partial charge >= 0.3 is 0 Å². The SMILES string of the molecule is Cc1c(C(=O)N2CCC[C@@H](Cc3nc(-c4ccccc4F)no3)C2)cnn1-c1ccccc1. The third kappa shape index (κ3) is 4.28. The zero-order valence-electron chi connectivity index (χ0n) is 18.3. The number of hydrogen-bond acceptors (Lipinski definition) is 5. The second kappa shape index (κ2) is 8.97. The van der Waals surface area contributed by atoms with Crippen molar-refractivity contribution in [2.75, 3.05) is 13.1 Å². The quantitative estimate of drug-likeness (QED) is 0.453. The van der Waals surface area contributed by atoms with E-state index < -0.39 is 0 Å². The first-order valence-electron chi connectivity index (χ1n) is 11.1. The molecule has 3 heterocycles. The van der Waals surface area contributed by atoms with Crippen LogP contribution in [0.3, 0.4) is 0 Å². The topological polar surface area (TPSA) is 77.1 Å². The molecule has 5 rings (SSSR count). The monoisotopic (exact) mass is 445 g/mol. The van der Waals surface area contributed by atoms with Gasteiger partial charge in [0.05, 0.1) is 28.7 Å². The van der Waals surface area contributed by atoms with E-state index in [9.17, 15) is 9.18 Å². The lowest BCUT2D eigenvalue weighted by atomic mass is 9.94. The van der Waals surface area contributed by atoms with Crippen molar-refractivity contribution in [2.24, 2.45) is 5.92 Å². The Balaban J connectivity index is 1.28. The number of carbonyl (C=O) groups excluding carboxylic acids is 1. The summed E-state index contributed by atoms with van der Waals surface area (Å²) in [4.78, 5) is 19.5. The van der Waals surface area contributed by atoms with Crippen molar-refractivity contribution < 1.29 is 13.7 Å². The van der Waals surface area contributed by atoms with Crippen molar-refractivity contribution >= 4 is 5.91 Å². The number of para-hydroxylation sites is 1. The van der Waals surface area contributed by atoms with Crippen LogP contribution in [-0.2, 0) is 6.42 Å². The Bertz CT molecular complexity index is 1270. The van der Waals surface area contributed by atoms with Gasteiger partial charge in [-0.1, -0.05) is 35.5 Å². The van der Waals surface area contributed by atoms with Crippen LogP contribution in [0.5, 0.6) is 0 Å². The number of nitrogens with zero attached hydrogens (tertiary/aromatic N) is 5. The third-order valence-corrected chi connectivity index (χ3v) is 6.09. The standard InChI is InChI=1S/C25H24FN5O2/c1-17-21(15-27-31(17)19-9-3-2-4-10-19)25(32)30-13-7-8-18(16-30)14-23-28-24(29-33-23)20-11-5-6-12-22(20)26/h2-6,9-12,15,18H,7-8,13-14,16H2,1H3/t18-/m0/s1. The van der Waals surface area contributed by atoms with Gasteiger partial charge in [0.1, 0.15) is 5.82 Å². The van der Waals surface area contributed by atoms with Gasteiger partial charge in [-0.15, -0.1) is 0 Å². The highest BCUT2D eigenvalue weighted by Crippen LogP contribution is 2.25. The zero-order chi connectivity index (χ0) is 22.8. The minimum Gasteiger partial charge on any atom is -0.339 e. The van der Waals surface area contributed by atoms with E-state index in [0.29, 0.717) is 36.5 Å². The summed E-state index contributed by atoms with van der Waals surface area (Å²) >= 11 is 0. The highest BCUT2D eigenvalue weighted by molar-refractivity contribution is 5.95. The van der Waals surface area contributed by atoms with Crippen LogP contribution >= 0.6 is 0 Å². The zero-order valence-corrected chi connectivity index (χ0v) is 18.3. The van der Waals surface area contributed by atoms with Gasteiger partial charge in [-0.05, 0) is 49.9 Å². The molecule has 1 saturated heterocycles. The van der Waals surface area contributed by atoms with E-state index in [1.54, 1.807) is 29.1 Å². The number of carbonyl (C=O) groups is 1. The lowest BCUT2D eigenvalue weighted by molar-refractivity contribution is 0.0667. The molecule has 0 saturated carbocycles. The molecule has 0 N–H and O–H groups in total. The fourth-order valence-corrected chi connectivity index (χ4v) is 4.37. The molecule has 2 aromatic heterocycles. The van der Waals surface area contributed by atoms with Gasteiger partial charge in [-0.2, -0.15) is 10.1 Å². The van der Waals surface area contributed by atoms with E-state index in [4.69, 9.17) is 4.52 Å². The maximum Gasteiger partial charge on any atom is 0.257 e. The maximum absolute atomic E-state index is 14.0. The number of halogens is 1. The molecule has 0 spiro atoms. The highest BCUT2D eigenvalue weighted by Gasteiger charge is 2.28. The van der Waals surface area contributed by atoms with Crippen LogP contribution in [0.2, 0.25) is 0 Å². The second-order valence-corrected chi connectivity index (χ2v) is 8.35. The molecule has 0 aliphatic carbocycles. The maximum atomic E-state index is 14.0. The highest BCUT2D eigenvalue weighted by atomic mass is 19.1. The number of aromatic nitrogens is 4. The Kier molecular flexibility index (Phi) is 5.73. The Hall–Kier alpha value is -3.81. The van der Waals surface area contributed by atoms with Crippen LogP contribution in [-0.4, -0.2) is 43.8 Å². The number of amides is 1. The van der Waals surface area contributed by atoms with Crippen molar-refractivity contribution in [3.05, 3.63) is 83.8 Å². The minimum atomic E-state index is -0.384. The fraction of sp³-hybridized carbons (Fsp3) is 0.280. The summed E-state index contributed by atoms with van der Waals surface area (Å²) in [5.41, 5.74) is 2.67. The number of likely N-dealkylation sites (tertiary alicyclic amines) is 1. The fourth-order valence-electron chi connectivity index (χ4n) is 4.37. The Morgan fingerprint density at radius 2 is 1.94 bits per heavy atom. The molecule has 1 aliphatic heterocycles. The van der Waals surface area contributed by atoms with Crippen molar-refractivity contribution in [3.8, 4) is 17.1 Å². The average Bonchev–Trinajstić information content (AvgIpc) is 3.46. The normalized spacial score (nSPS) is 16.2. The average molecular weight is 445 g/mol. The van der Waals surface area contributed by atoms with Crippen LogP contribution in [0.1, 0.15) is 34.8 Å². The molecule has 4 aromatic rings. The van der Waals surface area contributed by atoms with Gasteiger partial charge in [-0.25, -0.2) is 9.07 Å². The van der Waals surface area contributed by atoms with Gasteiger partial charge in [-0.3, -0.25) is 4.79 Å². The summed E-state index contributed by atoms with van der Waals surface area (Å²) in [5, 5.41) is 8.37. The molecule has 8 heteroatoms. The molecule has 168 valence electrons. The molecule has 0 bridgehead atoms. The summed E-state index contributed by atoms with van der Waals surface area (Å²) in [5.74, 6) is 0.500. The van der Waals surface area contributed by atoms with Crippen LogP contribution in [0.4, 0.5) is 4.39 Å². The van der Waals surface area contributed by atoms with Crippen molar-refractivity contribution in [1.82, 2.24) is 24.8 Å². The molecule has 1 aliphatic rings. The van der Waals surface area contributed by atoms with Gasteiger partial charge in [0.2, 0.25) is 11.7 Å². The van der Waals surface area contributed by atoms with Gasteiger partial charge in [0.15, 0.2) is 0 Å². The van der Waals surface area contributed by atoms with E-state index in [1.165, 1.54) is 6.07 Å². The summed E-state index contributed by atoms with van der Waals surface area (Å²) in [6.07, 6.45) is 4.06. The van der Waals surface area contributed by atoms with Gasteiger partial charge < -0.3 is 9.42 Å². The molecule has 0 unspecified atom stereocenters. The molecule has 33 heavy (non-hydrogen) atoms. The number of hydrogen-bond donors (Lipinski definition) is 0. The number of benzene rings is 2. The van der Waals surface area contributed by atoms with E-state index in [2.05, 4.69) is 15.2 Å². The van der Waals surface area contributed by atoms with Crippen molar-refractivity contribution in [3.63, 3.8) is 0 Å². The molecule has 1 fully saturated rings. The Labute approximate surface area is 190 Å². The molecule has 0 radical (unpaired) electrons. The summed E-state index contributed by atoms with van der Waals surface area (Å²) < 4.78 is 21.2. The van der Waals surface area contributed by atoms with E-state index >= 15 is 0 Å². The van der Waals surface area contributed by atoms with Gasteiger partial charge in [0.25, 0.3) is 5.91 Å². The lowest BCUT2D eigenvalue weighted by Crippen LogP contribution is -2.40. The first-order chi connectivity index (χ1) is 16.1. The van der Waals surface area contributed by atoms with Crippen molar-refractivity contribution in [2.45, 2.75) is 26.2 Å². The second-order valence-electron chi connectivity index (χ2n) is 8.35. The van der Waals surface area contributed by atoms with Gasteiger partial charge in [0, 0.05) is 19.5 Å². The van der Waals surface area contributed by atoms with E-state index in [1.807, 2.05) is 42.2 Å². The predicted molar refractivity (Wildman–Crippen MR) is 120 cm³/mol. The number of rotatable bonds is 5. The van der Waals surface area contributed by atoms with Crippen LogP contribution in [0, 0.1) is 18.7 Å². The first kappa shape index (κ1) is 21.1. The molecular weight excluding hydrogens is 421 g/mol. The van der Waals surface area contributed by atoms with E-state index in [0.717, 1.165) is 24.2 Å². The molecule has 2 aromatic carbocycles. The molecule has 1 amide bonds. The van der Waals surface area contributed by atoms with Crippen LogP contribution in [0.15, 0.2) is 65.3 Å². The van der Waals surface area contributed by atoms with Crippen molar-refractivity contribution in [1.29, 1.82) is 0 Å². The summed E-state index contributed by atoms with van der Waals surface area (Å²) in [6.45, 7) is 3.22. The van der Waals surface area contributed by atoms with E-state index in [-0.39, 0.29) is 23.5 Å². The summed E-state index contributed by atoms with van der Waals surface area (Å²) in [6, 6.07) is 16.1. The predicted octanol–water partition coefficient (Wildman–Crippen LogP) is 4.46. The largest absolute Gasteiger partial charge is 0.339 e. The lowest BCUT2D eigenvalue weighted by Gasteiger charge is -2.32. The van der Waals surface area contributed by atoms with Crippen LogP contribution in [0.25, 0.3) is 17.1 Å². The molecular formula is C25H24FN5O2. The number of piperidine rings is 1.